The molecule has 3 rings (SSSR count). The molecule has 1 unspecified atom stereocenters. The zero-order chi connectivity index (χ0) is 21.8. The minimum Gasteiger partial charge on any atom is -0.325 e. The summed E-state index contributed by atoms with van der Waals surface area (Å²) in [5, 5.41) is 23.0. The number of hydrogen-bond acceptors (Lipinski definition) is 8. The molecule has 3 aromatic rings. The summed E-state index contributed by atoms with van der Waals surface area (Å²) in [6, 6.07) is 5.86. The van der Waals surface area contributed by atoms with Gasteiger partial charge in [0.15, 0.2) is 5.16 Å². The predicted octanol–water partition coefficient (Wildman–Crippen LogP) is 2.89. The number of nitrogens with one attached hydrogen (secondary N) is 2. The third-order valence-electron chi connectivity index (χ3n) is 4.31. The molecule has 0 spiro atoms. The molecular weight excluding hydrogens is 422 g/mol. The maximum atomic E-state index is 12.4. The fourth-order valence-electron chi connectivity index (χ4n) is 2.66. The summed E-state index contributed by atoms with van der Waals surface area (Å²) in [6.45, 7) is 7.56. The summed E-state index contributed by atoms with van der Waals surface area (Å²) in [5.74, 6) is 0.145. The van der Waals surface area contributed by atoms with E-state index in [1.807, 2.05) is 39.0 Å². The van der Waals surface area contributed by atoms with Crippen LogP contribution in [0.4, 0.5) is 10.8 Å². The highest BCUT2D eigenvalue weighted by Gasteiger charge is 2.21. The molecule has 2 aromatic heterocycles. The molecule has 2 N–H and O–H groups in total. The van der Waals surface area contributed by atoms with Crippen molar-refractivity contribution >= 4 is 45.7 Å². The Labute approximate surface area is 182 Å². The van der Waals surface area contributed by atoms with E-state index < -0.39 is 5.25 Å². The van der Waals surface area contributed by atoms with E-state index in [1.165, 1.54) is 23.1 Å². The van der Waals surface area contributed by atoms with Gasteiger partial charge in [0.1, 0.15) is 10.8 Å². The van der Waals surface area contributed by atoms with Crippen molar-refractivity contribution in [2.45, 2.75) is 44.5 Å². The van der Waals surface area contributed by atoms with Gasteiger partial charge in [-0.15, -0.1) is 20.4 Å². The number of rotatable bonds is 7. The fraction of sp³-hybridized carbons (Fsp3) is 0.368. The third-order valence-corrected chi connectivity index (χ3v) is 6.20. The summed E-state index contributed by atoms with van der Waals surface area (Å²) in [6.07, 6.45) is 0.0853. The van der Waals surface area contributed by atoms with E-state index in [0.717, 1.165) is 21.8 Å². The average Bonchev–Trinajstić information content (AvgIpc) is 3.24. The first-order valence-electron chi connectivity index (χ1n) is 9.26. The molecule has 30 heavy (non-hydrogen) atoms. The lowest BCUT2D eigenvalue weighted by atomic mass is 10.1. The van der Waals surface area contributed by atoms with E-state index in [1.54, 1.807) is 18.5 Å². The lowest BCUT2D eigenvalue weighted by Crippen LogP contribution is -2.23. The molecule has 158 valence electrons. The van der Waals surface area contributed by atoms with Gasteiger partial charge in [-0.05, 0) is 39.3 Å². The highest BCUT2D eigenvalue weighted by Crippen LogP contribution is 2.24. The molecule has 0 fully saturated rings. The highest BCUT2D eigenvalue weighted by atomic mass is 32.2. The molecule has 0 saturated carbocycles. The Bertz CT molecular complexity index is 1080. The second kappa shape index (κ2) is 9.35. The van der Waals surface area contributed by atoms with E-state index in [-0.39, 0.29) is 18.2 Å². The van der Waals surface area contributed by atoms with Crippen molar-refractivity contribution in [2.24, 2.45) is 7.05 Å². The largest absolute Gasteiger partial charge is 0.325 e. The van der Waals surface area contributed by atoms with E-state index >= 15 is 0 Å². The van der Waals surface area contributed by atoms with Crippen LogP contribution >= 0.6 is 23.1 Å². The molecule has 2 heterocycles. The molecule has 0 radical (unpaired) electrons. The molecule has 1 aromatic carbocycles. The molecule has 9 nitrogen and oxygen atoms in total. The van der Waals surface area contributed by atoms with Gasteiger partial charge >= 0.3 is 0 Å². The fourth-order valence-corrected chi connectivity index (χ4v) is 4.09. The van der Waals surface area contributed by atoms with Crippen LogP contribution in [-0.2, 0) is 23.1 Å². The van der Waals surface area contributed by atoms with Gasteiger partial charge in [-0.1, -0.05) is 40.8 Å². The van der Waals surface area contributed by atoms with Crippen molar-refractivity contribution in [1.82, 2.24) is 25.0 Å². The lowest BCUT2D eigenvalue weighted by molar-refractivity contribution is -0.116. The maximum Gasteiger partial charge on any atom is 0.239 e. The monoisotopic (exact) mass is 445 g/mol. The van der Waals surface area contributed by atoms with Gasteiger partial charge in [-0.25, -0.2) is 0 Å². The van der Waals surface area contributed by atoms with Gasteiger partial charge < -0.3 is 9.88 Å². The number of hydrogen-bond donors (Lipinski definition) is 2. The zero-order valence-electron chi connectivity index (χ0n) is 17.4. The van der Waals surface area contributed by atoms with Crippen molar-refractivity contribution < 1.29 is 9.59 Å². The van der Waals surface area contributed by atoms with Crippen LogP contribution < -0.4 is 10.6 Å². The SMILES string of the molecule is Cc1ccc(NC(=O)Cc2nnc(SC(C)C(=O)Nc3nnc(C)s3)n2C)c(C)c1. The van der Waals surface area contributed by atoms with Crippen molar-refractivity contribution in [1.29, 1.82) is 0 Å². The number of carbonyl (C=O) groups is 2. The molecule has 0 aliphatic carbocycles. The minimum atomic E-state index is -0.422. The van der Waals surface area contributed by atoms with Gasteiger partial charge in [0.2, 0.25) is 16.9 Å². The summed E-state index contributed by atoms with van der Waals surface area (Å²) >= 11 is 2.58. The van der Waals surface area contributed by atoms with Gasteiger partial charge in [-0.3, -0.25) is 14.9 Å². The van der Waals surface area contributed by atoms with Crippen LogP contribution in [0.5, 0.6) is 0 Å². The topological polar surface area (TPSA) is 115 Å². The van der Waals surface area contributed by atoms with Crippen LogP contribution in [0.15, 0.2) is 23.4 Å². The quantitative estimate of drug-likeness (QED) is 0.537. The first-order valence-corrected chi connectivity index (χ1v) is 11.0. The molecular formula is C19H23N7O2S2. The summed E-state index contributed by atoms with van der Waals surface area (Å²) in [4.78, 5) is 24.8. The van der Waals surface area contributed by atoms with Crippen LogP contribution in [-0.4, -0.2) is 42.0 Å². The Balaban J connectivity index is 1.59. The number of aromatic nitrogens is 5. The van der Waals surface area contributed by atoms with Crippen LogP contribution in [0, 0.1) is 20.8 Å². The minimum absolute atomic E-state index is 0.0853. The molecule has 0 saturated heterocycles. The molecule has 0 bridgehead atoms. The van der Waals surface area contributed by atoms with Crippen molar-refractivity contribution in [3.8, 4) is 0 Å². The first-order chi connectivity index (χ1) is 14.2. The van der Waals surface area contributed by atoms with Crippen LogP contribution in [0.3, 0.4) is 0 Å². The summed E-state index contributed by atoms with van der Waals surface area (Å²) in [5.41, 5.74) is 2.92. The molecule has 2 amide bonds. The lowest BCUT2D eigenvalue weighted by Gasteiger charge is -2.10. The Morgan fingerprint density at radius 3 is 2.57 bits per heavy atom. The van der Waals surface area contributed by atoms with E-state index in [4.69, 9.17) is 0 Å². The van der Waals surface area contributed by atoms with Crippen LogP contribution in [0.2, 0.25) is 0 Å². The van der Waals surface area contributed by atoms with Crippen LogP contribution in [0.1, 0.15) is 28.9 Å². The Morgan fingerprint density at radius 1 is 1.13 bits per heavy atom. The second-order valence-electron chi connectivity index (χ2n) is 6.88. The van der Waals surface area contributed by atoms with E-state index in [0.29, 0.717) is 16.1 Å². The van der Waals surface area contributed by atoms with Gasteiger partial charge in [-0.2, -0.15) is 0 Å². The molecule has 0 aliphatic rings. The first kappa shape index (κ1) is 21.9. The summed E-state index contributed by atoms with van der Waals surface area (Å²) in [7, 11) is 1.78. The third kappa shape index (κ3) is 5.42. The number of thioether (sulfide) groups is 1. The number of aryl methyl sites for hydroxylation is 3. The number of anilines is 2. The average molecular weight is 446 g/mol. The highest BCUT2D eigenvalue weighted by molar-refractivity contribution is 8.00. The standard InChI is InChI=1S/C19H23N7O2S2/c1-10-6-7-14(11(2)8-10)20-16(27)9-15-23-25-19(26(15)5)29-12(3)17(28)21-18-24-22-13(4)30-18/h6-8,12H,9H2,1-5H3,(H,20,27)(H,21,24,28). The smallest absolute Gasteiger partial charge is 0.239 e. The van der Waals surface area contributed by atoms with Crippen LogP contribution in [0.25, 0.3) is 0 Å². The van der Waals surface area contributed by atoms with Gasteiger partial charge in [0.05, 0.1) is 11.7 Å². The van der Waals surface area contributed by atoms with Gasteiger partial charge in [0.25, 0.3) is 0 Å². The molecule has 0 aliphatic heterocycles. The molecule has 11 heteroatoms. The Kier molecular flexibility index (Phi) is 6.83. The zero-order valence-corrected chi connectivity index (χ0v) is 19.0. The molecule has 1 atom stereocenters. The normalized spacial score (nSPS) is 11.9. The summed E-state index contributed by atoms with van der Waals surface area (Å²) < 4.78 is 1.73. The number of benzene rings is 1. The van der Waals surface area contributed by atoms with E-state index in [2.05, 4.69) is 31.0 Å². The van der Waals surface area contributed by atoms with Crippen molar-refractivity contribution in [3.63, 3.8) is 0 Å². The Hall–Kier alpha value is -2.79. The van der Waals surface area contributed by atoms with Gasteiger partial charge in [0, 0.05) is 12.7 Å². The predicted molar refractivity (Wildman–Crippen MR) is 118 cm³/mol. The number of carbonyl (C=O) groups excluding carboxylic acids is 2. The maximum absolute atomic E-state index is 12.4. The second-order valence-corrected chi connectivity index (χ2v) is 9.37. The van der Waals surface area contributed by atoms with E-state index in [9.17, 15) is 9.59 Å². The number of amides is 2. The number of nitrogens with zero attached hydrogens (tertiary/aromatic N) is 5. The Morgan fingerprint density at radius 2 is 1.90 bits per heavy atom. The van der Waals surface area contributed by atoms with Crippen molar-refractivity contribution in [3.05, 3.63) is 40.2 Å². The van der Waals surface area contributed by atoms with Crippen molar-refractivity contribution in [2.75, 3.05) is 10.6 Å².